The summed E-state index contributed by atoms with van der Waals surface area (Å²) in [4.78, 5) is 24.2. The van der Waals surface area contributed by atoms with Crippen molar-refractivity contribution in [2.24, 2.45) is 5.92 Å². The molecule has 5 nitrogen and oxygen atoms in total. The molecule has 2 N–H and O–H groups in total. The summed E-state index contributed by atoms with van der Waals surface area (Å²) in [5.41, 5.74) is 1.46. The van der Waals surface area contributed by atoms with Crippen LogP contribution in [-0.4, -0.2) is 35.1 Å². The van der Waals surface area contributed by atoms with Gasteiger partial charge in [0.1, 0.15) is 6.54 Å². The number of carboxylic acids is 1. The Bertz CT molecular complexity index is 503. The van der Waals surface area contributed by atoms with E-state index in [4.69, 9.17) is 16.7 Å². The van der Waals surface area contributed by atoms with Crippen LogP contribution in [0.5, 0.6) is 0 Å². The summed E-state index contributed by atoms with van der Waals surface area (Å²) in [6.45, 7) is 5.75. The first kappa shape index (κ1) is 16.3. The first-order valence-corrected chi connectivity index (χ1v) is 6.71. The predicted molar refractivity (Wildman–Crippen MR) is 79.3 cm³/mol. The molecule has 0 bridgehead atoms. The smallest absolute Gasteiger partial charge is 0.323 e. The van der Waals surface area contributed by atoms with Gasteiger partial charge in [0, 0.05) is 17.3 Å². The Morgan fingerprint density at radius 2 is 2.05 bits per heavy atom. The van der Waals surface area contributed by atoms with Crippen LogP contribution < -0.4 is 5.32 Å². The molecule has 0 saturated carbocycles. The van der Waals surface area contributed by atoms with Crippen LogP contribution in [0.25, 0.3) is 0 Å². The van der Waals surface area contributed by atoms with Crippen molar-refractivity contribution >= 4 is 29.3 Å². The fraction of sp³-hybridized carbons (Fsp3) is 0.429. The zero-order chi connectivity index (χ0) is 15.3. The molecule has 0 fully saturated rings. The molecule has 0 saturated heterocycles. The number of amides is 2. The van der Waals surface area contributed by atoms with Crippen molar-refractivity contribution < 1.29 is 14.7 Å². The average Bonchev–Trinajstić information content (AvgIpc) is 2.32. The third-order valence-electron chi connectivity index (χ3n) is 2.62. The van der Waals surface area contributed by atoms with Gasteiger partial charge in [-0.3, -0.25) is 4.79 Å². The first-order chi connectivity index (χ1) is 9.29. The van der Waals surface area contributed by atoms with Crippen molar-refractivity contribution in [2.75, 3.05) is 18.4 Å². The van der Waals surface area contributed by atoms with Gasteiger partial charge in [0.2, 0.25) is 0 Å². The monoisotopic (exact) mass is 298 g/mol. The molecule has 2 amide bonds. The van der Waals surface area contributed by atoms with Crippen molar-refractivity contribution in [3.05, 3.63) is 28.8 Å². The van der Waals surface area contributed by atoms with Crippen LogP contribution in [0.4, 0.5) is 10.5 Å². The second-order valence-corrected chi connectivity index (χ2v) is 5.47. The van der Waals surface area contributed by atoms with Crippen LogP contribution in [0.2, 0.25) is 5.02 Å². The van der Waals surface area contributed by atoms with Crippen LogP contribution in [0, 0.1) is 12.8 Å². The number of aryl methyl sites for hydroxylation is 1. The Morgan fingerprint density at radius 3 is 2.55 bits per heavy atom. The highest BCUT2D eigenvalue weighted by molar-refractivity contribution is 6.31. The Hall–Kier alpha value is -1.75. The molecule has 0 unspecified atom stereocenters. The largest absolute Gasteiger partial charge is 0.480 e. The Kier molecular flexibility index (Phi) is 5.82. The molecule has 0 spiro atoms. The van der Waals surface area contributed by atoms with E-state index in [9.17, 15) is 9.59 Å². The van der Waals surface area contributed by atoms with Gasteiger partial charge < -0.3 is 15.3 Å². The van der Waals surface area contributed by atoms with Crippen LogP contribution in [0.3, 0.4) is 0 Å². The van der Waals surface area contributed by atoms with E-state index in [1.165, 1.54) is 4.90 Å². The number of hydrogen-bond donors (Lipinski definition) is 2. The number of rotatable bonds is 5. The normalized spacial score (nSPS) is 10.4. The number of aliphatic carboxylic acids is 1. The molecule has 0 aliphatic carbocycles. The van der Waals surface area contributed by atoms with Gasteiger partial charge in [0.05, 0.1) is 0 Å². The molecule has 0 aliphatic rings. The van der Waals surface area contributed by atoms with E-state index in [2.05, 4.69) is 5.32 Å². The van der Waals surface area contributed by atoms with Gasteiger partial charge >= 0.3 is 12.0 Å². The van der Waals surface area contributed by atoms with Gasteiger partial charge in [-0.05, 0) is 30.5 Å². The highest BCUT2D eigenvalue weighted by Crippen LogP contribution is 2.20. The quantitative estimate of drug-likeness (QED) is 0.877. The fourth-order valence-electron chi connectivity index (χ4n) is 1.70. The molecule has 0 heterocycles. The van der Waals surface area contributed by atoms with Crippen LogP contribution >= 0.6 is 11.6 Å². The van der Waals surface area contributed by atoms with Crippen molar-refractivity contribution in [2.45, 2.75) is 20.8 Å². The zero-order valence-corrected chi connectivity index (χ0v) is 12.6. The summed E-state index contributed by atoms with van der Waals surface area (Å²) in [7, 11) is 0. The summed E-state index contributed by atoms with van der Waals surface area (Å²) in [5.74, 6) is -0.857. The lowest BCUT2D eigenvalue weighted by Crippen LogP contribution is -2.40. The molecule has 1 aromatic rings. The number of benzene rings is 1. The number of urea groups is 1. The average molecular weight is 299 g/mol. The molecular formula is C14H19ClN2O3. The van der Waals surface area contributed by atoms with Crippen LogP contribution in [-0.2, 0) is 4.79 Å². The van der Waals surface area contributed by atoms with Crippen molar-refractivity contribution in [1.82, 2.24) is 4.90 Å². The minimum absolute atomic E-state index is 0.182. The maximum absolute atomic E-state index is 12.1. The molecule has 0 radical (unpaired) electrons. The van der Waals surface area contributed by atoms with E-state index in [0.717, 1.165) is 5.56 Å². The van der Waals surface area contributed by atoms with E-state index >= 15 is 0 Å². The van der Waals surface area contributed by atoms with E-state index in [-0.39, 0.29) is 12.5 Å². The molecule has 0 aromatic heterocycles. The second kappa shape index (κ2) is 7.14. The standard InChI is InChI=1S/C14H19ClN2O3/c1-9(2)7-17(8-13(18)19)14(20)16-11-5-4-10(3)12(15)6-11/h4-6,9H,7-8H2,1-3H3,(H,16,20)(H,18,19). The van der Waals surface area contributed by atoms with Gasteiger partial charge in [0.15, 0.2) is 0 Å². The van der Waals surface area contributed by atoms with E-state index < -0.39 is 12.0 Å². The molecular weight excluding hydrogens is 280 g/mol. The van der Waals surface area contributed by atoms with E-state index in [1.54, 1.807) is 18.2 Å². The number of carboxylic acid groups (broad SMARTS) is 1. The molecule has 1 aromatic carbocycles. The Morgan fingerprint density at radius 1 is 1.40 bits per heavy atom. The topological polar surface area (TPSA) is 69.6 Å². The number of anilines is 1. The summed E-state index contributed by atoms with van der Waals surface area (Å²) >= 11 is 5.99. The molecule has 6 heteroatoms. The number of nitrogens with one attached hydrogen (secondary N) is 1. The maximum atomic E-state index is 12.1. The van der Waals surface area contributed by atoms with Crippen molar-refractivity contribution in [3.63, 3.8) is 0 Å². The van der Waals surface area contributed by atoms with Crippen LogP contribution in [0.15, 0.2) is 18.2 Å². The highest BCUT2D eigenvalue weighted by atomic mass is 35.5. The predicted octanol–water partition coefficient (Wildman–Crippen LogP) is 3.22. The highest BCUT2D eigenvalue weighted by Gasteiger charge is 2.18. The fourth-order valence-corrected chi connectivity index (χ4v) is 1.88. The minimum Gasteiger partial charge on any atom is -0.480 e. The summed E-state index contributed by atoms with van der Waals surface area (Å²) in [6.07, 6.45) is 0. The summed E-state index contributed by atoms with van der Waals surface area (Å²) in [5, 5.41) is 12.1. The Balaban J connectivity index is 2.78. The molecule has 1 rings (SSSR count). The lowest BCUT2D eigenvalue weighted by atomic mass is 10.2. The van der Waals surface area contributed by atoms with Crippen LogP contribution in [0.1, 0.15) is 19.4 Å². The molecule has 20 heavy (non-hydrogen) atoms. The number of halogens is 1. The van der Waals surface area contributed by atoms with Gasteiger partial charge in [-0.25, -0.2) is 4.79 Å². The van der Waals surface area contributed by atoms with Crippen molar-refractivity contribution in [3.8, 4) is 0 Å². The Labute approximate surface area is 123 Å². The maximum Gasteiger partial charge on any atom is 0.323 e. The molecule has 0 atom stereocenters. The third kappa shape index (κ3) is 5.09. The lowest BCUT2D eigenvalue weighted by Gasteiger charge is -2.23. The minimum atomic E-state index is -1.04. The van der Waals surface area contributed by atoms with Gasteiger partial charge in [-0.15, -0.1) is 0 Å². The zero-order valence-electron chi connectivity index (χ0n) is 11.8. The number of nitrogens with zero attached hydrogens (tertiary/aromatic N) is 1. The van der Waals surface area contributed by atoms with E-state index in [0.29, 0.717) is 17.3 Å². The van der Waals surface area contributed by atoms with Gasteiger partial charge in [-0.2, -0.15) is 0 Å². The van der Waals surface area contributed by atoms with Crippen molar-refractivity contribution in [1.29, 1.82) is 0 Å². The molecule has 110 valence electrons. The number of carbonyl (C=O) groups is 2. The van der Waals surface area contributed by atoms with Gasteiger partial charge in [0.25, 0.3) is 0 Å². The number of hydrogen-bond acceptors (Lipinski definition) is 2. The summed E-state index contributed by atoms with van der Waals surface area (Å²) < 4.78 is 0. The second-order valence-electron chi connectivity index (χ2n) is 5.06. The lowest BCUT2D eigenvalue weighted by molar-refractivity contribution is -0.137. The first-order valence-electron chi connectivity index (χ1n) is 6.33. The van der Waals surface area contributed by atoms with Gasteiger partial charge in [-0.1, -0.05) is 31.5 Å². The number of carbonyl (C=O) groups excluding carboxylic acids is 1. The summed E-state index contributed by atoms with van der Waals surface area (Å²) in [6, 6.07) is 4.72. The van der Waals surface area contributed by atoms with E-state index in [1.807, 2.05) is 20.8 Å². The molecule has 0 aliphatic heterocycles. The third-order valence-corrected chi connectivity index (χ3v) is 3.03. The SMILES string of the molecule is Cc1ccc(NC(=O)N(CC(=O)O)CC(C)C)cc1Cl.